The number of halogens is 5. The Morgan fingerprint density at radius 1 is 1.26 bits per heavy atom. The minimum Gasteiger partial charge on any atom is -0.376 e. The summed E-state index contributed by atoms with van der Waals surface area (Å²) in [4.78, 5) is 4.33. The molecule has 0 radical (unpaired) electrons. The highest BCUT2D eigenvalue weighted by Crippen LogP contribution is 2.36. The van der Waals surface area contributed by atoms with Crippen molar-refractivity contribution < 1.29 is 21.6 Å². The first-order valence-electron chi connectivity index (χ1n) is 7.24. The molecule has 0 amide bonds. The minimum absolute atomic E-state index is 0.194. The van der Waals surface area contributed by atoms with Gasteiger partial charge in [-0.05, 0) is 12.1 Å². The van der Waals surface area contributed by atoms with E-state index in [2.05, 4.69) is 10.1 Å². The summed E-state index contributed by atoms with van der Waals surface area (Å²) < 4.78 is 65.1. The molecule has 0 fully saturated rings. The number of anilines is 2. The molecule has 2 heterocycles. The molecule has 0 aliphatic rings. The molecule has 0 saturated heterocycles. The van der Waals surface area contributed by atoms with Gasteiger partial charge in [-0.2, -0.15) is 9.78 Å². The molecule has 0 atom stereocenters. The number of hydrogen-bond acceptors (Lipinski definition) is 4. The van der Waals surface area contributed by atoms with Crippen molar-refractivity contribution in [2.45, 2.75) is 11.2 Å². The molecule has 2 aromatic heterocycles. The number of alkyl halides is 3. The van der Waals surface area contributed by atoms with Gasteiger partial charge in [0.05, 0.1) is 22.4 Å². The van der Waals surface area contributed by atoms with Crippen LogP contribution in [0, 0.1) is 0 Å². The highest BCUT2D eigenvalue weighted by Gasteiger charge is 2.36. The van der Waals surface area contributed by atoms with Crippen molar-refractivity contribution in [1.29, 1.82) is 0 Å². The molecule has 0 aliphatic heterocycles. The summed E-state index contributed by atoms with van der Waals surface area (Å²) in [5.74, 6) is 0. The van der Waals surface area contributed by atoms with Gasteiger partial charge in [-0.15, -0.1) is 13.2 Å². The zero-order valence-corrected chi connectivity index (χ0v) is 16.1. The highest BCUT2D eigenvalue weighted by molar-refractivity contribution is 7.93. The smallest absolute Gasteiger partial charge is 0.376 e. The number of fused-ring (bicyclic) bond motifs is 1. The normalized spacial score (nSPS) is 12.6. The summed E-state index contributed by atoms with van der Waals surface area (Å²) >= 11 is 11.9. The molecule has 0 unspecified atom stereocenters. The SMILES string of the molecule is CN(C)c1ccc2c(S(=O)(=O)Nc3cnn(C(F)(F)F)c3Cl)c[nH]c2c1Cl. The third-order valence-corrected chi connectivity index (χ3v) is 5.85. The fourth-order valence-corrected chi connectivity index (χ4v) is 4.38. The average molecular weight is 442 g/mol. The maximum absolute atomic E-state index is 12.7. The van der Waals surface area contributed by atoms with Gasteiger partial charge in [0.2, 0.25) is 0 Å². The lowest BCUT2D eigenvalue weighted by Crippen LogP contribution is -2.18. The molecule has 3 aromatic rings. The van der Waals surface area contributed by atoms with Gasteiger partial charge >= 0.3 is 6.30 Å². The fraction of sp³-hybridized carbons (Fsp3) is 0.214. The van der Waals surface area contributed by atoms with E-state index in [9.17, 15) is 21.6 Å². The van der Waals surface area contributed by atoms with Crippen molar-refractivity contribution in [3.8, 4) is 0 Å². The summed E-state index contributed by atoms with van der Waals surface area (Å²) in [6.07, 6.45) is -3.00. The zero-order chi connectivity index (χ0) is 20.1. The second-order valence-electron chi connectivity index (χ2n) is 5.70. The van der Waals surface area contributed by atoms with E-state index in [0.717, 1.165) is 0 Å². The Labute approximate surface area is 161 Å². The molecule has 0 aliphatic carbocycles. The van der Waals surface area contributed by atoms with E-state index in [1.807, 2.05) is 4.72 Å². The quantitative estimate of drug-likeness (QED) is 0.640. The minimum atomic E-state index is -4.88. The molecule has 0 saturated carbocycles. The lowest BCUT2D eigenvalue weighted by Gasteiger charge is -2.14. The Morgan fingerprint density at radius 2 is 1.93 bits per heavy atom. The van der Waals surface area contributed by atoms with E-state index in [-0.39, 0.29) is 10.3 Å². The molecule has 0 spiro atoms. The molecule has 146 valence electrons. The number of aromatic amines is 1. The largest absolute Gasteiger partial charge is 0.505 e. The van der Waals surface area contributed by atoms with E-state index >= 15 is 0 Å². The maximum Gasteiger partial charge on any atom is 0.505 e. The highest BCUT2D eigenvalue weighted by atomic mass is 35.5. The lowest BCUT2D eigenvalue weighted by molar-refractivity contribution is -0.212. The zero-order valence-electron chi connectivity index (χ0n) is 13.8. The Morgan fingerprint density at radius 3 is 2.48 bits per heavy atom. The summed E-state index contributed by atoms with van der Waals surface area (Å²) in [6.45, 7) is 0. The van der Waals surface area contributed by atoms with Crippen molar-refractivity contribution in [3.63, 3.8) is 0 Å². The summed E-state index contributed by atoms with van der Waals surface area (Å²) in [7, 11) is -0.713. The first-order chi connectivity index (χ1) is 12.4. The average Bonchev–Trinajstić information content (AvgIpc) is 3.12. The predicted octanol–water partition coefficient (Wildman–Crippen LogP) is 4.01. The number of aromatic nitrogens is 3. The summed E-state index contributed by atoms with van der Waals surface area (Å²) in [5, 5.41) is 2.74. The maximum atomic E-state index is 12.7. The topological polar surface area (TPSA) is 83.0 Å². The van der Waals surface area contributed by atoms with E-state index in [1.165, 1.54) is 6.20 Å². The number of hydrogen-bond donors (Lipinski definition) is 2. The van der Waals surface area contributed by atoms with Crippen LogP contribution in [0.2, 0.25) is 10.2 Å². The molecule has 1 aromatic carbocycles. The molecule has 13 heteroatoms. The van der Waals surface area contributed by atoms with Crippen molar-refractivity contribution in [2.75, 3.05) is 23.7 Å². The van der Waals surface area contributed by atoms with Gasteiger partial charge in [-0.1, -0.05) is 23.2 Å². The van der Waals surface area contributed by atoms with Crippen LogP contribution in [0.3, 0.4) is 0 Å². The van der Waals surface area contributed by atoms with Crippen molar-refractivity contribution in [2.24, 2.45) is 0 Å². The van der Waals surface area contributed by atoms with Crippen molar-refractivity contribution in [1.82, 2.24) is 14.8 Å². The van der Waals surface area contributed by atoms with Gasteiger partial charge in [0.1, 0.15) is 10.6 Å². The van der Waals surface area contributed by atoms with Crippen LogP contribution in [0.4, 0.5) is 24.5 Å². The molecule has 0 bridgehead atoms. The monoisotopic (exact) mass is 441 g/mol. The number of nitrogens with one attached hydrogen (secondary N) is 2. The van der Waals surface area contributed by atoms with Gasteiger partial charge in [-0.25, -0.2) is 8.42 Å². The van der Waals surface area contributed by atoms with E-state index in [1.54, 1.807) is 31.1 Å². The van der Waals surface area contributed by atoms with Gasteiger partial charge in [0, 0.05) is 25.7 Å². The number of benzene rings is 1. The third-order valence-electron chi connectivity index (χ3n) is 3.70. The van der Waals surface area contributed by atoms with E-state index in [4.69, 9.17) is 23.2 Å². The van der Waals surface area contributed by atoms with Crippen LogP contribution >= 0.6 is 23.2 Å². The predicted molar refractivity (Wildman–Crippen MR) is 97.0 cm³/mol. The molecular weight excluding hydrogens is 430 g/mol. The van der Waals surface area contributed by atoms with Gasteiger partial charge < -0.3 is 9.88 Å². The Hall–Kier alpha value is -2.11. The molecule has 27 heavy (non-hydrogen) atoms. The van der Waals surface area contributed by atoms with Crippen LogP contribution in [0.5, 0.6) is 0 Å². The van der Waals surface area contributed by atoms with Crippen LogP contribution < -0.4 is 9.62 Å². The number of sulfonamides is 1. The second-order valence-corrected chi connectivity index (χ2v) is 8.09. The summed E-state index contributed by atoms with van der Waals surface area (Å²) in [6, 6.07) is 3.18. The lowest BCUT2D eigenvalue weighted by atomic mass is 10.2. The van der Waals surface area contributed by atoms with Gasteiger partial charge in [0.25, 0.3) is 10.0 Å². The summed E-state index contributed by atoms with van der Waals surface area (Å²) in [5.41, 5.74) is 0.539. The van der Waals surface area contributed by atoms with Crippen molar-refractivity contribution in [3.05, 3.63) is 34.7 Å². The molecule has 2 N–H and O–H groups in total. The number of nitrogens with zero attached hydrogens (tertiary/aromatic N) is 3. The Bertz CT molecular complexity index is 1120. The van der Waals surface area contributed by atoms with Crippen LogP contribution in [-0.2, 0) is 16.3 Å². The number of H-pyrrole nitrogens is 1. The molecular formula is C14H12Cl2F3N5O2S. The Balaban J connectivity index is 2.04. The fourth-order valence-electron chi connectivity index (χ4n) is 2.47. The van der Waals surface area contributed by atoms with E-state index in [0.29, 0.717) is 22.4 Å². The van der Waals surface area contributed by atoms with Crippen LogP contribution in [0.1, 0.15) is 0 Å². The molecule has 3 rings (SSSR count). The van der Waals surface area contributed by atoms with Crippen LogP contribution in [0.25, 0.3) is 10.9 Å². The molecule has 7 nitrogen and oxygen atoms in total. The first kappa shape index (κ1) is 19.6. The van der Waals surface area contributed by atoms with E-state index < -0.39 is 31.8 Å². The van der Waals surface area contributed by atoms with Gasteiger partial charge in [0.15, 0.2) is 5.15 Å². The van der Waals surface area contributed by atoms with Crippen LogP contribution in [0.15, 0.2) is 29.4 Å². The standard InChI is InChI=1S/C14H12Cl2F3N5O2S/c1-23(2)9-4-3-7-10(6-20-12(7)11(9)15)27(25,26)22-8-5-21-24(13(8)16)14(17,18)19/h3-6,20,22H,1-2H3. The van der Waals surface area contributed by atoms with Crippen LogP contribution in [-0.4, -0.2) is 37.3 Å². The number of rotatable bonds is 4. The van der Waals surface area contributed by atoms with Gasteiger partial charge in [-0.3, -0.25) is 4.72 Å². The second kappa shape index (κ2) is 6.50. The Kier molecular flexibility index (Phi) is 4.73. The van der Waals surface area contributed by atoms with Crippen molar-refractivity contribution >= 4 is 55.5 Å². The third kappa shape index (κ3) is 3.42. The first-order valence-corrected chi connectivity index (χ1v) is 9.48.